The van der Waals surface area contributed by atoms with Crippen LogP contribution in [0.4, 0.5) is 13.2 Å². The summed E-state index contributed by atoms with van der Waals surface area (Å²) in [7, 11) is 0. The molecule has 0 amide bonds. The molecule has 2 aromatic carbocycles. The summed E-state index contributed by atoms with van der Waals surface area (Å²) in [6.07, 6.45) is -1.28. The van der Waals surface area contributed by atoms with Crippen molar-refractivity contribution in [3.63, 3.8) is 0 Å². The second-order valence-electron chi connectivity index (χ2n) is 4.09. The first-order chi connectivity index (χ1) is 8.99. The van der Waals surface area contributed by atoms with Crippen LogP contribution in [0.1, 0.15) is 17.2 Å². The van der Waals surface area contributed by atoms with Crippen molar-refractivity contribution in [1.29, 1.82) is 0 Å². The summed E-state index contributed by atoms with van der Waals surface area (Å²) in [4.78, 5) is 0. The van der Waals surface area contributed by atoms with Crippen LogP contribution in [0.15, 0.2) is 36.4 Å². The zero-order chi connectivity index (χ0) is 14.0. The Kier molecular flexibility index (Phi) is 4.46. The van der Waals surface area contributed by atoms with Gasteiger partial charge in [-0.3, -0.25) is 0 Å². The van der Waals surface area contributed by atoms with Crippen molar-refractivity contribution in [3.8, 4) is 0 Å². The third kappa shape index (κ3) is 3.27. The van der Waals surface area contributed by atoms with E-state index in [4.69, 9.17) is 0 Å². The van der Waals surface area contributed by atoms with E-state index in [9.17, 15) is 18.3 Å². The molecule has 5 heteroatoms. The fraction of sp³-hybridized carbons (Fsp3) is 0.143. The van der Waals surface area contributed by atoms with E-state index < -0.39 is 23.6 Å². The van der Waals surface area contributed by atoms with Gasteiger partial charge in [-0.25, -0.2) is 13.2 Å². The van der Waals surface area contributed by atoms with Gasteiger partial charge in [0.05, 0.1) is 6.10 Å². The van der Waals surface area contributed by atoms with Crippen LogP contribution in [-0.4, -0.2) is 5.11 Å². The standard InChI is InChI=1S/C14H10F3IO/c15-8-4-5-9(13(18)6-8)14(19)7-10-11(16)2-1-3-12(10)17/h1-6,14,19H,7H2. The zero-order valence-electron chi connectivity index (χ0n) is 9.71. The Balaban J connectivity index is 2.28. The van der Waals surface area contributed by atoms with Crippen molar-refractivity contribution in [2.45, 2.75) is 12.5 Å². The minimum atomic E-state index is -1.08. The third-order valence-corrected chi connectivity index (χ3v) is 3.71. The van der Waals surface area contributed by atoms with Crippen molar-refractivity contribution in [3.05, 3.63) is 68.5 Å². The van der Waals surface area contributed by atoms with E-state index in [1.807, 2.05) is 22.6 Å². The first-order valence-electron chi connectivity index (χ1n) is 5.55. The Morgan fingerprint density at radius 3 is 2.26 bits per heavy atom. The normalized spacial score (nSPS) is 12.5. The molecule has 0 aromatic heterocycles. The van der Waals surface area contributed by atoms with Gasteiger partial charge in [0, 0.05) is 15.6 Å². The summed E-state index contributed by atoms with van der Waals surface area (Å²) < 4.78 is 40.4. The van der Waals surface area contributed by atoms with E-state index in [2.05, 4.69) is 0 Å². The maximum Gasteiger partial charge on any atom is 0.129 e. The van der Waals surface area contributed by atoms with Crippen molar-refractivity contribution < 1.29 is 18.3 Å². The number of aliphatic hydroxyl groups excluding tert-OH is 1. The minimum absolute atomic E-state index is 0.171. The lowest BCUT2D eigenvalue weighted by Gasteiger charge is -2.14. The molecule has 0 radical (unpaired) electrons. The monoisotopic (exact) mass is 378 g/mol. The zero-order valence-corrected chi connectivity index (χ0v) is 11.9. The summed E-state index contributed by atoms with van der Waals surface area (Å²) in [5.74, 6) is -1.82. The molecule has 1 nitrogen and oxygen atoms in total. The highest BCUT2D eigenvalue weighted by molar-refractivity contribution is 14.1. The number of hydrogen-bond donors (Lipinski definition) is 1. The summed E-state index contributed by atoms with van der Waals surface area (Å²) >= 11 is 1.87. The van der Waals surface area contributed by atoms with E-state index >= 15 is 0 Å². The van der Waals surface area contributed by atoms with E-state index in [1.165, 1.54) is 24.3 Å². The lowest BCUT2D eigenvalue weighted by molar-refractivity contribution is 0.174. The molecule has 1 N–H and O–H groups in total. The highest BCUT2D eigenvalue weighted by Crippen LogP contribution is 2.26. The molecule has 2 aromatic rings. The first-order valence-corrected chi connectivity index (χ1v) is 6.63. The first kappa shape index (κ1) is 14.3. The van der Waals surface area contributed by atoms with Gasteiger partial charge in [0.2, 0.25) is 0 Å². The van der Waals surface area contributed by atoms with Gasteiger partial charge in [-0.05, 0) is 52.4 Å². The Morgan fingerprint density at radius 2 is 1.68 bits per heavy atom. The van der Waals surface area contributed by atoms with Gasteiger partial charge in [-0.2, -0.15) is 0 Å². The molecule has 19 heavy (non-hydrogen) atoms. The van der Waals surface area contributed by atoms with Gasteiger partial charge in [-0.15, -0.1) is 0 Å². The molecule has 0 aliphatic carbocycles. The van der Waals surface area contributed by atoms with Crippen LogP contribution in [0.25, 0.3) is 0 Å². The summed E-state index contributed by atoms with van der Waals surface area (Å²) in [5, 5.41) is 10.0. The van der Waals surface area contributed by atoms with Gasteiger partial charge in [-0.1, -0.05) is 12.1 Å². The molecule has 0 heterocycles. The van der Waals surface area contributed by atoms with Crippen LogP contribution in [0.5, 0.6) is 0 Å². The maximum absolute atomic E-state index is 13.5. The van der Waals surface area contributed by atoms with Crippen LogP contribution in [0.2, 0.25) is 0 Å². The van der Waals surface area contributed by atoms with Crippen molar-refractivity contribution in [2.75, 3.05) is 0 Å². The molecule has 0 aliphatic heterocycles. The fourth-order valence-corrected chi connectivity index (χ4v) is 2.64. The molecule has 1 unspecified atom stereocenters. The van der Waals surface area contributed by atoms with Gasteiger partial charge >= 0.3 is 0 Å². The third-order valence-electron chi connectivity index (χ3n) is 2.78. The van der Waals surface area contributed by atoms with Gasteiger partial charge in [0.15, 0.2) is 0 Å². The molecule has 1 atom stereocenters. The van der Waals surface area contributed by atoms with Gasteiger partial charge in [0.1, 0.15) is 17.5 Å². The molecule has 0 saturated carbocycles. The molecule has 0 bridgehead atoms. The molecule has 0 fully saturated rings. The smallest absolute Gasteiger partial charge is 0.129 e. The van der Waals surface area contributed by atoms with Crippen LogP contribution in [0.3, 0.4) is 0 Å². The van der Waals surface area contributed by atoms with E-state index in [0.717, 1.165) is 12.1 Å². The molecule has 2 rings (SSSR count). The minimum Gasteiger partial charge on any atom is -0.388 e. The van der Waals surface area contributed by atoms with E-state index in [1.54, 1.807) is 0 Å². The quantitative estimate of drug-likeness (QED) is 0.802. The molecule has 100 valence electrons. The fourth-order valence-electron chi connectivity index (χ4n) is 1.80. The summed E-state index contributed by atoms with van der Waals surface area (Å²) in [5.41, 5.74) is 0.278. The van der Waals surface area contributed by atoms with Crippen LogP contribution >= 0.6 is 22.6 Å². The summed E-state index contributed by atoms with van der Waals surface area (Å²) in [6, 6.07) is 7.43. The van der Waals surface area contributed by atoms with Crippen molar-refractivity contribution in [1.82, 2.24) is 0 Å². The predicted octanol–water partition coefficient (Wildman–Crippen LogP) is 3.98. The van der Waals surface area contributed by atoms with Gasteiger partial charge < -0.3 is 5.11 Å². The molecule has 0 spiro atoms. The lowest BCUT2D eigenvalue weighted by Crippen LogP contribution is -2.07. The van der Waals surface area contributed by atoms with Gasteiger partial charge in [0.25, 0.3) is 0 Å². The Bertz CT molecular complexity index is 581. The van der Waals surface area contributed by atoms with Crippen molar-refractivity contribution >= 4 is 22.6 Å². The Labute approximate surface area is 122 Å². The number of halogens is 4. The highest BCUT2D eigenvalue weighted by atomic mass is 127. The Hall–Kier alpha value is -1.08. The molecular weight excluding hydrogens is 368 g/mol. The molecular formula is C14H10F3IO. The number of hydrogen-bond acceptors (Lipinski definition) is 1. The summed E-state index contributed by atoms with van der Waals surface area (Å²) in [6.45, 7) is 0. The van der Waals surface area contributed by atoms with Crippen LogP contribution < -0.4 is 0 Å². The average molecular weight is 378 g/mol. The van der Waals surface area contributed by atoms with E-state index in [0.29, 0.717) is 9.13 Å². The van der Waals surface area contributed by atoms with Crippen LogP contribution in [0, 0.1) is 21.0 Å². The highest BCUT2D eigenvalue weighted by Gasteiger charge is 2.17. The average Bonchev–Trinajstić information content (AvgIpc) is 2.33. The Morgan fingerprint density at radius 1 is 1.05 bits per heavy atom. The number of rotatable bonds is 3. The topological polar surface area (TPSA) is 20.2 Å². The SMILES string of the molecule is OC(Cc1c(F)cccc1F)c1ccc(F)cc1I. The lowest BCUT2D eigenvalue weighted by atomic mass is 10.0. The maximum atomic E-state index is 13.5. The molecule has 0 saturated heterocycles. The second-order valence-corrected chi connectivity index (χ2v) is 5.25. The number of aliphatic hydroxyl groups is 1. The molecule has 0 aliphatic rings. The van der Waals surface area contributed by atoms with Crippen LogP contribution in [-0.2, 0) is 6.42 Å². The number of benzene rings is 2. The second kappa shape index (κ2) is 5.92. The largest absolute Gasteiger partial charge is 0.388 e. The van der Waals surface area contributed by atoms with Crippen molar-refractivity contribution in [2.24, 2.45) is 0 Å². The van der Waals surface area contributed by atoms with E-state index in [-0.39, 0.29) is 12.0 Å². The predicted molar refractivity (Wildman–Crippen MR) is 74.1 cm³/mol.